The Hall–Kier alpha value is -1.55. The Bertz CT molecular complexity index is 489. The molecule has 0 unspecified atom stereocenters. The number of carbonyl (C=O) groups excluding carboxylic acids is 2. The maximum Gasteiger partial charge on any atom is 0.290 e. The second-order valence-corrected chi connectivity index (χ2v) is 5.19. The van der Waals surface area contributed by atoms with Crippen LogP contribution < -0.4 is 5.32 Å². The van der Waals surface area contributed by atoms with Gasteiger partial charge in [0.05, 0.1) is 4.91 Å². The van der Waals surface area contributed by atoms with Gasteiger partial charge in [-0.3, -0.25) is 14.9 Å². The number of amides is 2. The molecule has 1 saturated heterocycles. The van der Waals surface area contributed by atoms with E-state index in [4.69, 9.17) is 0 Å². The Morgan fingerprint density at radius 1 is 1.18 bits per heavy atom. The Kier molecular flexibility index (Phi) is 3.33. The maximum absolute atomic E-state index is 11.3. The molecular weight excluding hydrogens is 234 g/mol. The van der Waals surface area contributed by atoms with Crippen molar-refractivity contribution in [1.29, 1.82) is 0 Å². The van der Waals surface area contributed by atoms with Gasteiger partial charge in [0, 0.05) is 0 Å². The molecule has 0 bridgehead atoms. The first-order valence-electron chi connectivity index (χ1n) is 5.41. The molecule has 1 N–H and O–H groups in total. The Morgan fingerprint density at radius 3 is 2.29 bits per heavy atom. The van der Waals surface area contributed by atoms with E-state index >= 15 is 0 Å². The zero-order valence-corrected chi connectivity index (χ0v) is 10.5. The van der Waals surface area contributed by atoms with Gasteiger partial charge < -0.3 is 0 Å². The van der Waals surface area contributed by atoms with E-state index in [-0.39, 0.29) is 11.1 Å². The fraction of sp³-hybridized carbons (Fsp3) is 0.231. The van der Waals surface area contributed by atoms with E-state index in [2.05, 4.69) is 19.2 Å². The standard InChI is InChI=1S/C13H13NO2S/c1-8(2)10-5-3-9(4-6-10)7-11-12(15)14-13(16)17-11/h3-8H,1-2H3,(H,14,15,16)/b11-7-. The SMILES string of the molecule is CC(C)c1ccc(/C=C2\SC(=O)NC2=O)cc1. The molecule has 1 aliphatic rings. The summed E-state index contributed by atoms with van der Waals surface area (Å²) in [5.41, 5.74) is 2.19. The van der Waals surface area contributed by atoms with Crippen LogP contribution in [0.25, 0.3) is 6.08 Å². The predicted molar refractivity (Wildman–Crippen MR) is 69.6 cm³/mol. The molecule has 0 spiro atoms. The fourth-order valence-electron chi connectivity index (χ4n) is 1.55. The van der Waals surface area contributed by atoms with E-state index in [1.165, 1.54) is 5.56 Å². The minimum absolute atomic E-state index is 0.306. The zero-order valence-electron chi connectivity index (χ0n) is 9.69. The largest absolute Gasteiger partial charge is 0.290 e. The maximum atomic E-state index is 11.3. The summed E-state index contributed by atoms with van der Waals surface area (Å²) in [5, 5.41) is 1.93. The quantitative estimate of drug-likeness (QED) is 0.817. The summed E-state index contributed by atoms with van der Waals surface area (Å²) in [5.74, 6) is 0.176. The minimum Gasteiger partial charge on any atom is -0.282 e. The second kappa shape index (κ2) is 4.75. The average Bonchev–Trinajstić information content (AvgIpc) is 2.58. The Morgan fingerprint density at radius 2 is 1.82 bits per heavy atom. The highest BCUT2D eigenvalue weighted by Gasteiger charge is 2.24. The lowest BCUT2D eigenvalue weighted by molar-refractivity contribution is -0.115. The van der Waals surface area contributed by atoms with Crippen molar-refractivity contribution >= 4 is 29.0 Å². The number of nitrogens with one attached hydrogen (secondary N) is 1. The topological polar surface area (TPSA) is 46.2 Å². The number of benzene rings is 1. The molecule has 1 heterocycles. The number of hydrogen-bond donors (Lipinski definition) is 1. The molecule has 4 heteroatoms. The summed E-state index contributed by atoms with van der Waals surface area (Å²) >= 11 is 0.941. The zero-order chi connectivity index (χ0) is 12.4. The van der Waals surface area contributed by atoms with Crippen LogP contribution in [0.3, 0.4) is 0 Å². The molecule has 1 fully saturated rings. The molecule has 3 nitrogen and oxygen atoms in total. The first-order chi connectivity index (χ1) is 8.06. The van der Waals surface area contributed by atoms with Crippen LogP contribution >= 0.6 is 11.8 Å². The van der Waals surface area contributed by atoms with Crippen molar-refractivity contribution in [3.63, 3.8) is 0 Å². The van der Waals surface area contributed by atoms with Gasteiger partial charge in [-0.25, -0.2) is 0 Å². The van der Waals surface area contributed by atoms with Crippen LogP contribution in [-0.2, 0) is 4.79 Å². The summed E-state index contributed by atoms with van der Waals surface area (Å²) < 4.78 is 0. The average molecular weight is 247 g/mol. The number of rotatable bonds is 2. The molecule has 2 rings (SSSR count). The monoisotopic (exact) mass is 247 g/mol. The third-order valence-electron chi connectivity index (χ3n) is 2.54. The third-order valence-corrected chi connectivity index (χ3v) is 3.35. The fourth-order valence-corrected chi connectivity index (χ4v) is 2.23. The lowest BCUT2D eigenvalue weighted by Gasteiger charge is -2.04. The van der Waals surface area contributed by atoms with Gasteiger partial charge in [0.15, 0.2) is 0 Å². The molecule has 0 atom stereocenters. The van der Waals surface area contributed by atoms with Crippen LogP contribution in [0.4, 0.5) is 4.79 Å². The number of hydrogen-bond acceptors (Lipinski definition) is 3. The summed E-state index contributed by atoms with van der Waals surface area (Å²) in [4.78, 5) is 22.8. The normalized spacial score (nSPS) is 17.9. The molecule has 1 aliphatic heterocycles. The highest BCUT2D eigenvalue weighted by Crippen LogP contribution is 2.26. The molecule has 0 aliphatic carbocycles. The van der Waals surface area contributed by atoms with E-state index < -0.39 is 0 Å². The Balaban J connectivity index is 2.21. The van der Waals surface area contributed by atoms with E-state index in [0.717, 1.165) is 17.3 Å². The van der Waals surface area contributed by atoms with Crippen molar-refractivity contribution in [2.24, 2.45) is 0 Å². The van der Waals surface area contributed by atoms with Gasteiger partial charge in [-0.1, -0.05) is 38.1 Å². The van der Waals surface area contributed by atoms with E-state index in [1.54, 1.807) is 6.08 Å². The molecule has 2 amide bonds. The minimum atomic E-state index is -0.312. The highest BCUT2D eigenvalue weighted by atomic mass is 32.2. The highest BCUT2D eigenvalue weighted by molar-refractivity contribution is 8.18. The van der Waals surface area contributed by atoms with Crippen molar-refractivity contribution in [1.82, 2.24) is 5.32 Å². The van der Waals surface area contributed by atoms with Crippen LogP contribution in [0.2, 0.25) is 0 Å². The van der Waals surface area contributed by atoms with Crippen LogP contribution in [-0.4, -0.2) is 11.1 Å². The molecule has 0 aromatic heterocycles. The first kappa shape index (κ1) is 11.9. The van der Waals surface area contributed by atoms with Gasteiger partial charge in [0.1, 0.15) is 0 Å². The summed E-state index contributed by atoms with van der Waals surface area (Å²) in [6, 6.07) is 7.99. The first-order valence-corrected chi connectivity index (χ1v) is 6.23. The molecular formula is C13H13NO2S. The van der Waals surface area contributed by atoms with E-state index in [9.17, 15) is 9.59 Å². The van der Waals surface area contributed by atoms with Crippen LogP contribution in [0, 0.1) is 0 Å². The van der Waals surface area contributed by atoms with Gasteiger partial charge in [0.25, 0.3) is 11.1 Å². The van der Waals surface area contributed by atoms with Gasteiger partial charge in [-0.2, -0.15) is 0 Å². The molecule has 0 saturated carbocycles. The van der Waals surface area contributed by atoms with Crippen LogP contribution in [0.1, 0.15) is 30.9 Å². The van der Waals surface area contributed by atoms with Crippen LogP contribution in [0.15, 0.2) is 29.2 Å². The summed E-state index contributed by atoms with van der Waals surface area (Å²) in [6.07, 6.45) is 1.73. The van der Waals surface area contributed by atoms with Crippen molar-refractivity contribution in [3.05, 3.63) is 40.3 Å². The smallest absolute Gasteiger partial charge is 0.282 e. The van der Waals surface area contributed by atoms with E-state index in [1.807, 2.05) is 24.3 Å². The Labute approximate surface area is 104 Å². The molecule has 1 aromatic rings. The predicted octanol–water partition coefficient (Wildman–Crippen LogP) is 3.13. The van der Waals surface area contributed by atoms with Gasteiger partial charge >= 0.3 is 0 Å². The second-order valence-electron chi connectivity index (χ2n) is 4.17. The van der Waals surface area contributed by atoms with Crippen LogP contribution in [0.5, 0.6) is 0 Å². The van der Waals surface area contributed by atoms with Gasteiger partial charge in [0.2, 0.25) is 0 Å². The van der Waals surface area contributed by atoms with Crippen molar-refractivity contribution in [2.75, 3.05) is 0 Å². The number of carbonyl (C=O) groups is 2. The molecule has 88 valence electrons. The summed E-state index contributed by atoms with van der Waals surface area (Å²) in [6.45, 7) is 4.26. The van der Waals surface area contributed by atoms with Gasteiger partial charge in [-0.15, -0.1) is 0 Å². The van der Waals surface area contributed by atoms with E-state index in [0.29, 0.717) is 10.8 Å². The van der Waals surface area contributed by atoms with Gasteiger partial charge in [-0.05, 0) is 34.9 Å². The molecule has 1 aromatic carbocycles. The van der Waals surface area contributed by atoms with Crippen molar-refractivity contribution in [2.45, 2.75) is 19.8 Å². The molecule has 0 radical (unpaired) electrons. The number of imide groups is 1. The third kappa shape index (κ3) is 2.77. The number of thioether (sulfide) groups is 1. The lowest BCUT2D eigenvalue weighted by Crippen LogP contribution is -2.17. The van der Waals surface area contributed by atoms with Crippen molar-refractivity contribution in [3.8, 4) is 0 Å². The lowest BCUT2D eigenvalue weighted by atomic mass is 10.0. The van der Waals surface area contributed by atoms with Crippen molar-refractivity contribution < 1.29 is 9.59 Å². The molecule has 17 heavy (non-hydrogen) atoms. The summed E-state index contributed by atoms with van der Waals surface area (Å²) in [7, 11) is 0.